The van der Waals surface area contributed by atoms with E-state index in [4.69, 9.17) is 18.8 Å². The van der Waals surface area contributed by atoms with Crippen molar-refractivity contribution in [2.75, 3.05) is 0 Å². The van der Waals surface area contributed by atoms with Gasteiger partial charge in [-0.05, 0) is 158 Å². The molecule has 0 unspecified atom stereocenters. The van der Waals surface area contributed by atoms with E-state index in [0.29, 0.717) is 0 Å². The molecule has 3 radical (unpaired) electrons. The van der Waals surface area contributed by atoms with Gasteiger partial charge in [-0.1, -0.05) is 356 Å². The molecule has 15 aromatic carbocycles. The number of rotatable bonds is 21. The molecule has 0 fully saturated rings. The summed E-state index contributed by atoms with van der Waals surface area (Å²) in [5, 5.41) is 57.0. The molecule has 0 aliphatic carbocycles. The molecule has 0 saturated carbocycles. The molecular weight excluding hydrogens is 2360 g/mol. The molecule has 763 valence electrons. The van der Waals surface area contributed by atoms with Gasteiger partial charge < -0.3 is 37.4 Å². The van der Waals surface area contributed by atoms with E-state index in [2.05, 4.69) is 274 Å². The average Bonchev–Trinajstić information content (AvgIpc) is 1.54. The van der Waals surface area contributed by atoms with Crippen molar-refractivity contribution in [1.29, 1.82) is 0 Å². The molecule has 8 heterocycles. The second-order valence-corrected chi connectivity index (χ2v) is 41.0. The zero-order chi connectivity index (χ0) is 103. The number of nitrogens with zero attached hydrogens (tertiary/aromatic N) is 6. The van der Waals surface area contributed by atoms with Gasteiger partial charge in [-0.2, -0.15) is 0 Å². The van der Waals surface area contributed by atoms with Crippen molar-refractivity contribution in [2.24, 2.45) is 32.5 Å². The average molecular weight is 2490 g/mol. The molecule has 23 aromatic rings. The van der Waals surface area contributed by atoms with E-state index in [1.165, 1.54) is 93.9 Å². The van der Waals surface area contributed by atoms with Crippen LogP contribution < -0.4 is 0 Å². The Balaban J connectivity index is 0.000000138. The van der Waals surface area contributed by atoms with E-state index in [1.807, 2.05) is 161 Å². The number of benzene rings is 15. The van der Waals surface area contributed by atoms with Crippen LogP contribution in [-0.4, -0.2) is 60.8 Å². The van der Waals surface area contributed by atoms with Crippen molar-refractivity contribution in [2.45, 2.75) is 209 Å². The van der Waals surface area contributed by atoms with Gasteiger partial charge in [-0.15, -0.1) is 70.3 Å². The molecule has 0 saturated heterocycles. The first-order valence-corrected chi connectivity index (χ1v) is 52.0. The molecule has 0 aliphatic heterocycles. The molecule has 0 amide bonds. The predicted octanol–water partition coefficient (Wildman–Crippen LogP) is 36.4. The maximum atomic E-state index is 12.2. The molecule has 148 heavy (non-hydrogen) atoms. The van der Waals surface area contributed by atoms with Gasteiger partial charge in [0, 0.05) is 167 Å². The minimum atomic E-state index is -0.337. The Labute approximate surface area is 906 Å². The number of pyridine rings is 3. The fourth-order valence-corrected chi connectivity index (χ4v) is 20.6. The number of aromatic nitrogens is 6. The van der Waals surface area contributed by atoms with Crippen LogP contribution in [0.5, 0.6) is 0 Å². The fourth-order valence-electron chi connectivity index (χ4n) is 20.6. The maximum absolute atomic E-state index is 12.2. The summed E-state index contributed by atoms with van der Waals surface area (Å²) < 4.78 is 19.7. The quantitative estimate of drug-likeness (QED) is 0.0204. The van der Waals surface area contributed by atoms with Gasteiger partial charge in [0.05, 0.1) is 28.0 Å². The minimum Gasteiger partial charge on any atom is -0.512 e. The van der Waals surface area contributed by atoms with Gasteiger partial charge in [0.15, 0.2) is 28.5 Å². The fraction of sp³-hybridized carbons (Fsp3) is 0.282. The summed E-state index contributed by atoms with van der Waals surface area (Å²) in [4.78, 5) is 51.5. The standard InChI is InChI=1S/2C33H17N2O.C20H13N2.3C15H28O2.3Ir/c1-2-9-21-18-26-25(17-20(21)8-1)30-22-10-4-3-7-19(22)13-16-28(30)35-31-27(34-33(26)35)15-14-24-23-11-5-6-12-29(23)36-32(24)31;1-2-9-21-18-27-26(17-20(21)8-1)24-14-13-19-7-3-4-10-22(19)30(24)35-31-28(34-33(27)35)16-15-25-23-11-5-6-12-29(23)36-32(25)31;1-13-15-7-3-2-6-14(15)12-17-19(13)16-8-4-5-9-18(16)22-11-10-21-20(17)22;3*1-7-14(5,8-2)12(16)11-13(17)15(6,9-3)10-4;;;/h2*1-17H;2-11H,1H3;3*11,16H,7-10H2,1-6H3;;;/q3*-1;;;;;;. The number of carbonyl (C=O) groups excluding carboxylic acids is 3. The molecule has 8 aromatic heterocycles. The van der Waals surface area contributed by atoms with Crippen molar-refractivity contribution in [1.82, 2.24) is 28.2 Å². The number of imidazole rings is 3. The number of ketones is 3. The first kappa shape index (κ1) is 109. The summed E-state index contributed by atoms with van der Waals surface area (Å²) in [6.07, 6.45) is 18.1. The van der Waals surface area contributed by atoms with Gasteiger partial charge in [-0.25, -0.2) is 0 Å². The Morgan fingerprint density at radius 1 is 0.318 bits per heavy atom. The third kappa shape index (κ3) is 19.4. The number of aliphatic hydroxyl groups is 3. The topological polar surface area (TPSA) is 190 Å². The number of furan rings is 2. The molecule has 0 atom stereocenters. The van der Waals surface area contributed by atoms with Gasteiger partial charge in [0.1, 0.15) is 39.5 Å². The number of hydrogen-bond acceptors (Lipinski definition) is 11. The Hall–Kier alpha value is -13.1. The number of allylic oxidation sites excluding steroid dienone is 6. The van der Waals surface area contributed by atoms with Crippen molar-refractivity contribution < 1.29 is 98.9 Å². The molecule has 3 N–H and O–H groups in total. The Morgan fingerprint density at radius 3 is 1.15 bits per heavy atom. The van der Waals surface area contributed by atoms with Gasteiger partial charge in [0.2, 0.25) is 0 Å². The zero-order valence-corrected chi connectivity index (χ0v) is 95.4. The van der Waals surface area contributed by atoms with Crippen molar-refractivity contribution in [3.8, 4) is 0 Å². The smallest absolute Gasteiger partial charge is 0.164 e. The number of para-hydroxylation sites is 3. The van der Waals surface area contributed by atoms with Crippen LogP contribution in [-0.2, 0) is 74.7 Å². The minimum absolute atomic E-state index is 0. The number of carbonyl (C=O) groups is 3. The van der Waals surface area contributed by atoms with E-state index in [-0.39, 0.29) is 127 Å². The third-order valence-electron chi connectivity index (χ3n) is 33.5. The molecular formula is C131H131Ir3N6O8-3. The SMILES string of the molecule is CCC(C)(CC)C(=O)C=C(O)C(C)(CC)CC.CCC(C)(CC)C(=O)C=C(O)C(C)(CC)CC.CCC(C)(CC)C(=O)C=C(O)C(C)(CC)CC.Cc1c2ccccc2[c-]c2c1c1ccccc1n1ccnc21.[Ir].[Ir].[Ir].[c-]1c2ccccc2cc2c1c1nc3ccc4c5ccccc5oc4c3n1c1c3ccccc3ccc21.[c-]1c2ccccc2cc2c1c1nc3ccc4c5ccccc5oc4c3n1c1ccc3ccccc3c21. The Bertz CT molecular complexity index is 8980. The first-order chi connectivity index (χ1) is 69.9. The largest absolute Gasteiger partial charge is 0.512 e. The normalized spacial score (nSPS) is 12.6. The van der Waals surface area contributed by atoms with E-state index in [9.17, 15) is 29.7 Å². The second kappa shape index (κ2) is 44.4. The molecule has 0 spiro atoms. The second-order valence-electron chi connectivity index (χ2n) is 41.0. The summed E-state index contributed by atoms with van der Waals surface area (Å²) in [5.41, 5.74) is 13.1. The van der Waals surface area contributed by atoms with Gasteiger partial charge in [-0.3, -0.25) is 29.3 Å². The third-order valence-corrected chi connectivity index (χ3v) is 33.5. The Morgan fingerprint density at radius 2 is 0.676 bits per heavy atom. The van der Waals surface area contributed by atoms with Gasteiger partial charge >= 0.3 is 0 Å². The van der Waals surface area contributed by atoms with Crippen LogP contribution in [0.3, 0.4) is 0 Å². The molecule has 0 bridgehead atoms. The summed E-state index contributed by atoms with van der Waals surface area (Å²) in [7, 11) is 0. The monoisotopic (exact) mass is 2490 g/mol. The number of aryl methyl sites for hydroxylation is 1. The van der Waals surface area contributed by atoms with Crippen LogP contribution in [0.15, 0.2) is 312 Å². The number of aliphatic hydroxyl groups excluding tert-OH is 3. The van der Waals surface area contributed by atoms with Crippen molar-refractivity contribution >= 4 is 219 Å². The van der Waals surface area contributed by atoms with Crippen molar-refractivity contribution in [3.63, 3.8) is 0 Å². The maximum Gasteiger partial charge on any atom is 0.164 e. The summed E-state index contributed by atoms with van der Waals surface area (Å²) in [6.45, 7) is 38.4. The molecule has 23 rings (SSSR count). The van der Waals surface area contributed by atoms with E-state index in [0.717, 1.165) is 209 Å². The predicted molar refractivity (Wildman–Crippen MR) is 608 cm³/mol. The molecule has 14 nitrogen and oxygen atoms in total. The summed E-state index contributed by atoms with van der Waals surface area (Å²) in [6, 6.07) is 101. The Kier molecular flexibility index (Phi) is 32.7. The first-order valence-electron chi connectivity index (χ1n) is 52.0. The van der Waals surface area contributed by atoms with E-state index in [1.54, 1.807) is 0 Å². The molecule has 17 heteroatoms. The van der Waals surface area contributed by atoms with Crippen LogP contribution >= 0.6 is 0 Å². The van der Waals surface area contributed by atoms with Crippen LogP contribution in [0, 0.1) is 57.6 Å². The van der Waals surface area contributed by atoms with Crippen LogP contribution in [0.25, 0.3) is 202 Å². The number of fused-ring (bicyclic) bond motifs is 37. The van der Waals surface area contributed by atoms with Crippen LogP contribution in [0.1, 0.15) is 207 Å². The number of hydrogen-bond donors (Lipinski definition) is 3. The van der Waals surface area contributed by atoms with Gasteiger partial charge in [0.25, 0.3) is 0 Å². The van der Waals surface area contributed by atoms with E-state index < -0.39 is 0 Å². The van der Waals surface area contributed by atoms with E-state index >= 15 is 0 Å². The zero-order valence-electron chi connectivity index (χ0n) is 88.2. The summed E-state index contributed by atoms with van der Waals surface area (Å²) >= 11 is 0. The molecule has 0 aliphatic rings. The van der Waals surface area contributed by atoms with Crippen molar-refractivity contribution in [3.05, 3.63) is 326 Å². The van der Waals surface area contributed by atoms with Crippen LogP contribution in [0.4, 0.5) is 0 Å². The summed E-state index contributed by atoms with van der Waals surface area (Å²) in [5.74, 6) is 0.858. The van der Waals surface area contributed by atoms with Crippen LogP contribution in [0.2, 0.25) is 0 Å².